The van der Waals surface area contributed by atoms with Crippen molar-refractivity contribution in [3.05, 3.63) is 47.9 Å². The molecule has 4 rings (SSSR count). The highest BCUT2D eigenvalue weighted by Gasteiger charge is 2.24. The van der Waals surface area contributed by atoms with Crippen molar-refractivity contribution in [2.45, 2.75) is 31.6 Å². The third-order valence-corrected chi connectivity index (χ3v) is 6.37. The van der Waals surface area contributed by atoms with Gasteiger partial charge in [0.2, 0.25) is 0 Å². The Labute approximate surface area is 163 Å². The molecular weight excluding hydrogens is 378 g/mol. The fourth-order valence-electron chi connectivity index (χ4n) is 3.37. The van der Waals surface area contributed by atoms with Gasteiger partial charge in [0, 0.05) is 24.3 Å². The summed E-state index contributed by atoms with van der Waals surface area (Å²) in [6, 6.07) is 10.9. The number of sulfonamides is 1. The van der Waals surface area contributed by atoms with Crippen molar-refractivity contribution in [2.24, 2.45) is 0 Å². The van der Waals surface area contributed by atoms with E-state index in [9.17, 15) is 8.42 Å². The van der Waals surface area contributed by atoms with Gasteiger partial charge in [-0.1, -0.05) is 17.3 Å². The zero-order valence-corrected chi connectivity index (χ0v) is 16.5. The van der Waals surface area contributed by atoms with Gasteiger partial charge in [0.05, 0.1) is 5.69 Å². The zero-order chi connectivity index (χ0) is 19.7. The van der Waals surface area contributed by atoms with Gasteiger partial charge in [-0.25, -0.2) is 8.42 Å². The fraction of sp³-hybridized carbons (Fsp3) is 0.316. The van der Waals surface area contributed by atoms with Gasteiger partial charge in [-0.05, 0) is 51.0 Å². The van der Waals surface area contributed by atoms with E-state index in [2.05, 4.69) is 25.0 Å². The molecule has 0 radical (unpaired) electrons. The average molecular weight is 399 g/mol. The van der Waals surface area contributed by atoms with Crippen molar-refractivity contribution in [3.8, 4) is 11.3 Å². The van der Waals surface area contributed by atoms with Crippen LogP contribution >= 0.6 is 0 Å². The molecule has 8 nitrogen and oxygen atoms in total. The molecular formula is C19H21N5O3S. The topological polar surface area (TPSA) is 101 Å². The van der Waals surface area contributed by atoms with E-state index in [1.807, 2.05) is 24.3 Å². The van der Waals surface area contributed by atoms with Crippen LogP contribution in [0.15, 0.2) is 45.8 Å². The van der Waals surface area contributed by atoms with Crippen molar-refractivity contribution < 1.29 is 12.9 Å². The van der Waals surface area contributed by atoms with Crippen LogP contribution in [-0.4, -0.2) is 36.9 Å². The lowest BCUT2D eigenvalue weighted by Gasteiger charge is -2.15. The lowest BCUT2D eigenvalue weighted by Crippen LogP contribution is -2.19. The summed E-state index contributed by atoms with van der Waals surface area (Å²) in [5.41, 5.74) is 2.38. The molecule has 0 saturated carbocycles. The summed E-state index contributed by atoms with van der Waals surface area (Å²) in [5.74, 6) is 1.15. The molecule has 0 amide bonds. The maximum Gasteiger partial charge on any atom is 0.267 e. The molecule has 1 saturated heterocycles. The number of rotatable bonds is 5. The monoisotopic (exact) mass is 399 g/mol. The first-order chi connectivity index (χ1) is 13.4. The quantitative estimate of drug-likeness (QED) is 0.703. The Balaban J connectivity index is 1.51. The van der Waals surface area contributed by atoms with Crippen LogP contribution in [0.4, 0.5) is 11.5 Å². The maximum atomic E-state index is 12.6. The Morgan fingerprint density at radius 3 is 2.29 bits per heavy atom. The minimum Gasteiger partial charge on any atom is -0.360 e. The molecule has 0 bridgehead atoms. The van der Waals surface area contributed by atoms with E-state index in [0.717, 1.165) is 30.2 Å². The van der Waals surface area contributed by atoms with Gasteiger partial charge in [0.25, 0.3) is 10.0 Å². The molecule has 3 heterocycles. The van der Waals surface area contributed by atoms with Crippen molar-refractivity contribution in [1.29, 1.82) is 0 Å². The lowest BCUT2D eigenvalue weighted by molar-refractivity contribution is 0.390. The number of hydrogen-bond acceptors (Lipinski definition) is 7. The summed E-state index contributed by atoms with van der Waals surface area (Å²) in [6.07, 6.45) is 2.38. The second-order valence-corrected chi connectivity index (χ2v) is 8.43. The van der Waals surface area contributed by atoms with Crippen molar-refractivity contribution >= 4 is 21.5 Å². The van der Waals surface area contributed by atoms with Crippen LogP contribution in [0.25, 0.3) is 11.3 Å². The van der Waals surface area contributed by atoms with E-state index in [1.54, 1.807) is 26.0 Å². The summed E-state index contributed by atoms with van der Waals surface area (Å²) in [4.78, 5) is 2.29. The van der Waals surface area contributed by atoms with Crippen molar-refractivity contribution in [1.82, 2.24) is 15.4 Å². The van der Waals surface area contributed by atoms with Gasteiger partial charge in [0.15, 0.2) is 16.5 Å². The Hall–Kier alpha value is -2.94. The van der Waals surface area contributed by atoms with Gasteiger partial charge in [-0.3, -0.25) is 4.72 Å². The maximum absolute atomic E-state index is 12.6. The predicted molar refractivity (Wildman–Crippen MR) is 106 cm³/mol. The molecule has 3 aromatic rings. The molecule has 0 atom stereocenters. The summed E-state index contributed by atoms with van der Waals surface area (Å²) < 4.78 is 32.7. The first-order valence-corrected chi connectivity index (χ1v) is 10.6. The summed E-state index contributed by atoms with van der Waals surface area (Å²) >= 11 is 0. The normalized spacial score (nSPS) is 14.4. The summed E-state index contributed by atoms with van der Waals surface area (Å²) in [6.45, 7) is 5.21. The zero-order valence-electron chi connectivity index (χ0n) is 15.7. The minimum atomic E-state index is -3.76. The number of aryl methyl sites for hydroxylation is 2. The van der Waals surface area contributed by atoms with Crippen LogP contribution in [0.1, 0.15) is 24.3 Å². The van der Waals surface area contributed by atoms with Crippen molar-refractivity contribution in [3.63, 3.8) is 0 Å². The highest BCUT2D eigenvalue weighted by atomic mass is 32.2. The van der Waals surface area contributed by atoms with E-state index in [4.69, 9.17) is 4.52 Å². The van der Waals surface area contributed by atoms with Crippen LogP contribution in [0, 0.1) is 13.8 Å². The van der Waals surface area contributed by atoms with Crippen LogP contribution in [-0.2, 0) is 10.0 Å². The number of benzene rings is 1. The first-order valence-electron chi connectivity index (χ1n) is 9.09. The third-order valence-electron chi connectivity index (χ3n) is 4.75. The number of nitrogens with one attached hydrogen (secondary N) is 1. The van der Waals surface area contributed by atoms with Gasteiger partial charge in [0.1, 0.15) is 5.69 Å². The minimum absolute atomic E-state index is 0.0694. The predicted octanol–water partition coefficient (Wildman–Crippen LogP) is 3.15. The standard InChI is InChI=1S/C19H21N5O3S/c1-13-19(14(2)27-22-13)28(25,26)23-16-7-5-15(6-8-16)17-9-10-18(21-20-17)24-11-3-4-12-24/h5-10,23H,3-4,11-12H2,1-2H3. The van der Waals surface area contributed by atoms with Gasteiger partial charge < -0.3 is 9.42 Å². The Morgan fingerprint density at radius 2 is 1.71 bits per heavy atom. The molecule has 2 aromatic heterocycles. The third kappa shape index (κ3) is 3.57. The van der Waals surface area contributed by atoms with Crippen molar-refractivity contribution in [2.75, 3.05) is 22.7 Å². The number of aromatic nitrogens is 3. The lowest BCUT2D eigenvalue weighted by atomic mass is 10.1. The highest BCUT2D eigenvalue weighted by molar-refractivity contribution is 7.92. The number of nitrogens with zero attached hydrogens (tertiary/aromatic N) is 4. The molecule has 146 valence electrons. The van der Waals surface area contributed by atoms with Crippen LogP contribution in [0.3, 0.4) is 0 Å². The second kappa shape index (κ2) is 7.23. The molecule has 9 heteroatoms. The molecule has 1 aliphatic heterocycles. The molecule has 1 N–H and O–H groups in total. The van der Waals surface area contributed by atoms with Gasteiger partial charge >= 0.3 is 0 Å². The fourth-order valence-corrected chi connectivity index (χ4v) is 4.76. The number of hydrogen-bond donors (Lipinski definition) is 1. The summed E-state index contributed by atoms with van der Waals surface area (Å²) in [5, 5.41) is 12.3. The second-order valence-electron chi connectivity index (χ2n) is 6.81. The molecule has 1 fully saturated rings. The molecule has 1 aromatic carbocycles. The molecule has 1 aliphatic rings. The van der Waals surface area contributed by atoms with Gasteiger partial charge in [-0.15, -0.1) is 10.2 Å². The van der Waals surface area contributed by atoms with E-state index in [0.29, 0.717) is 11.4 Å². The summed E-state index contributed by atoms with van der Waals surface area (Å²) in [7, 11) is -3.76. The average Bonchev–Trinajstić information content (AvgIpc) is 3.32. The van der Waals surface area contributed by atoms with Crippen LogP contribution in [0.2, 0.25) is 0 Å². The van der Waals surface area contributed by atoms with Crippen LogP contribution < -0.4 is 9.62 Å². The molecule has 0 spiro atoms. The van der Waals surface area contributed by atoms with E-state index in [-0.39, 0.29) is 10.7 Å². The Bertz CT molecular complexity index is 1050. The number of anilines is 2. The molecule has 0 unspecified atom stereocenters. The first kappa shape index (κ1) is 18.4. The van der Waals surface area contributed by atoms with E-state index >= 15 is 0 Å². The van der Waals surface area contributed by atoms with Crippen LogP contribution in [0.5, 0.6) is 0 Å². The van der Waals surface area contributed by atoms with Gasteiger partial charge in [-0.2, -0.15) is 0 Å². The van der Waals surface area contributed by atoms with E-state index < -0.39 is 10.0 Å². The largest absolute Gasteiger partial charge is 0.360 e. The molecule has 28 heavy (non-hydrogen) atoms. The Morgan fingerprint density at radius 1 is 1.00 bits per heavy atom. The Kier molecular flexibility index (Phi) is 4.76. The highest BCUT2D eigenvalue weighted by Crippen LogP contribution is 2.25. The van der Waals surface area contributed by atoms with E-state index in [1.165, 1.54) is 12.8 Å². The molecule has 0 aliphatic carbocycles. The SMILES string of the molecule is Cc1noc(C)c1S(=O)(=O)Nc1ccc(-c2ccc(N3CCCC3)nn2)cc1. The smallest absolute Gasteiger partial charge is 0.267 e.